The van der Waals surface area contributed by atoms with Crippen molar-refractivity contribution in [2.75, 3.05) is 14.2 Å². The molecule has 7 heteroatoms. The van der Waals surface area contributed by atoms with Gasteiger partial charge in [-0.25, -0.2) is 4.79 Å². The minimum absolute atomic E-state index is 0.0716. The number of hydrogen-bond donors (Lipinski definition) is 2. The molecule has 0 amide bonds. The molecule has 2 heterocycles. The molecule has 1 spiro atoms. The Labute approximate surface area is 165 Å². The molecule has 1 radical (unpaired) electrons. The van der Waals surface area contributed by atoms with Crippen LogP contribution in [0.1, 0.15) is 27.0 Å². The lowest BCUT2D eigenvalue weighted by atomic mass is 9.77. The number of phenols is 2. The Morgan fingerprint density at radius 1 is 0.897 bits per heavy atom. The number of phenolic OH excluding ortho intramolecular Hbond substituents is 2. The van der Waals surface area contributed by atoms with Gasteiger partial charge in [0.2, 0.25) is 11.5 Å². The number of esters is 1. The molecule has 3 aromatic carbocycles. The van der Waals surface area contributed by atoms with Crippen LogP contribution in [0.5, 0.6) is 34.5 Å². The van der Waals surface area contributed by atoms with Crippen LogP contribution in [0, 0.1) is 6.07 Å². The van der Waals surface area contributed by atoms with E-state index >= 15 is 0 Å². The smallest absolute Gasteiger partial charge is 0.340 e. The third kappa shape index (κ3) is 2.04. The average molecular weight is 391 g/mol. The standard InChI is InChI=1S/C22H15O7/c1-26-19-15(23)9-7-13-17(19)28-18-14(8-10-16(24)20(18)27-2)22(13)12-6-4-3-5-11(12)21(25)29-22/h3-4,6-10,23-24H,1-2H3. The minimum atomic E-state index is -1.38. The summed E-state index contributed by atoms with van der Waals surface area (Å²) in [6.45, 7) is 0. The number of rotatable bonds is 2. The van der Waals surface area contributed by atoms with Crippen molar-refractivity contribution in [1.29, 1.82) is 0 Å². The molecule has 0 atom stereocenters. The van der Waals surface area contributed by atoms with Crippen molar-refractivity contribution in [3.8, 4) is 34.5 Å². The first-order valence-corrected chi connectivity index (χ1v) is 8.76. The van der Waals surface area contributed by atoms with Crippen molar-refractivity contribution in [3.05, 3.63) is 70.8 Å². The van der Waals surface area contributed by atoms with Crippen LogP contribution in [-0.4, -0.2) is 30.4 Å². The lowest BCUT2D eigenvalue weighted by Gasteiger charge is -2.37. The van der Waals surface area contributed by atoms with Gasteiger partial charge < -0.3 is 29.2 Å². The van der Waals surface area contributed by atoms with Gasteiger partial charge in [-0.05, 0) is 30.3 Å². The summed E-state index contributed by atoms with van der Waals surface area (Å²) in [4.78, 5) is 12.7. The topological polar surface area (TPSA) is 94.5 Å². The molecule has 0 bridgehead atoms. The van der Waals surface area contributed by atoms with Crippen molar-refractivity contribution in [2.24, 2.45) is 0 Å². The molecule has 0 saturated heterocycles. The van der Waals surface area contributed by atoms with E-state index in [0.29, 0.717) is 22.3 Å². The Kier molecular flexibility index (Phi) is 3.46. The Balaban J connectivity index is 1.95. The highest BCUT2D eigenvalue weighted by Crippen LogP contribution is 2.61. The van der Waals surface area contributed by atoms with E-state index in [0.717, 1.165) is 0 Å². The van der Waals surface area contributed by atoms with E-state index in [9.17, 15) is 15.0 Å². The summed E-state index contributed by atoms with van der Waals surface area (Å²) >= 11 is 0. The molecule has 0 unspecified atom stereocenters. The third-order valence-electron chi connectivity index (χ3n) is 5.24. The highest BCUT2D eigenvalue weighted by atomic mass is 16.6. The predicted molar refractivity (Wildman–Crippen MR) is 100.0 cm³/mol. The molecular formula is C22H15O7. The second-order valence-electron chi connectivity index (χ2n) is 6.62. The average Bonchev–Trinajstić information content (AvgIpc) is 3.01. The maximum atomic E-state index is 12.7. The van der Waals surface area contributed by atoms with Gasteiger partial charge in [-0.2, -0.15) is 0 Å². The summed E-state index contributed by atoms with van der Waals surface area (Å²) in [7, 11) is 2.78. The first kappa shape index (κ1) is 17.2. The molecule has 3 aromatic rings. The van der Waals surface area contributed by atoms with Gasteiger partial charge in [-0.3, -0.25) is 0 Å². The Morgan fingerprint density at radius 2 is 1.48 bits per heavy atom. The van der Waals surface area contributed by atoms with Gasteiger partial charge in [0.25, 0.3) is 0 Å². The van der Waals surface area contributed by atoms with Crippen LogP contribution in [0.3, 0.4) is 0 Å². The summed E-state index contributed by atoms with van der Waals surface area (Å²) in [6, 6.07) is 14.2. The normalized spacial score (nSPS) is 15.0. The zero-order valence-electron chi connectivity index (χ0n) is 15.5. The second kappa shape index (κ2) is 5.81. The van der Waals surface area contributed by atoms with Crippen LogP contribution >= 0.6 is 0 Å². The molecule has 29 heavy (non-hydrogen) atoms. The fraction of sp³-hybridized carbons (Fsp3) is 0.136. The van der Waals surface area contributed by atoms with E-state index in [-0.39, 0.29) is 34.5 Å². The van der Waals surface area contributed by atoms with Crippen LogP contribution in [0.4, 0.5) is 0 Å². The lowest BCUT2D eigenvalue weighted by molar-refractivity contribution is 0.0220. The maximum absolute atomic E-state index is 12.7. The van der Waals surface area contributed by atoms with Crippen molar-refractivity contribution in [3.63, 3.8) is 0 Å². The zero-order valence-corrected chi connectivity index (χ0v) is 15.5. The number of methoxy groups -OCH3 is 2. The molecule has 2 aliphatic heterocycles. The van der Waals surface area contributed by atoms with E-state index in [1.54, 1.807) is 30.3 Å². The summed E-state index contributed by atoms with van der Waals surface area (Å²) in [5.74, 6) is -0.369. The molecular weight excluding hydrogens is 376 g/mol. The van der Waals surface area contributed by atoms with Crippen LogP contribution in [0.2, 0.25) is 0 Å². The fourth-order valence-corrected chi connectivity index (χ4v) is 4.05. The van der Waals surface area contributed by atoms with Crippen LogP contribution in [0.15, 0.2) is 42.5 Å². The number of carbonyl (C=O) groups excluding carboxylic acids is 1. The summed E-state index contributed by atoms with van der Waals surface area (Å²) in [5, 5.41) is 20.5. The first-order chi connectivity index (χ1) is 14.0. The molecule has 0 saturated carbocycles. The molecule has 2 N–H and O–H groups in total. The Hall–Kier alpha value is -3.87. The SMILES string of the molecule is COc1c(O)ccc2c1Oc1c(ccc(O)c1OC)C21OC(=O)c2[c]cccc21. The number of carbonyl (C=O) groups is 1. The number of aromatic hydroxyl groups is 2. The van der Waals surface area contributed by atoms with E-state index in [1.165, 1.54) is 26.4 Å². The fourth-order valence-electron chi connectivity index (χ4n) is 4.05. The largest absolute Gasteiger partial charge is 0.504 e. The van der Waals surface area contributed by atoms with Gasteiger partial charge in [-0.1, -0.05) is 18.2 Å². The number of fused-ring (bicyclic) bond motifs is 6. The lowest BCUT2D eigenvalue weighted by Crippen LogP contribution is -2.33. The third-order valence-corrected chi connectivity index (χ3v) is 5.24. The van der Waals surface area contributed by atoms with Gasteiger partial charge in [-0.15, -0.1) is 0 Å². The monoisotopic (exact) mass is 391 g/mol. The highest BCUT2D eigenvalue weighted by molar-refractivity contribution is 5.97. The molecule has 0 aliphatic carbocycles. The molecule has 7 nitrogen and oxygen atoms in total. The van der Waals surface area contributed by atoms with Gasteiger partial charge in [0.1, 0.15) is 0 Å². The van der Waals surface area contributed by atoms with Crippen molar-refractivity contribution in [2.45, 2.75) is 5.60 Å². The van der Waals surface area contributed by atoms with Crippen molar-refractivity contribution >= 4 is 5.97 Å². The van der Waals surface area contributed by atoms with E-state index < -0.39 is 11.6 Å². The van der Waals surface area contributed by atoms with Crippen LogP contribution in [0.25, 0.3) is 0 Å². The van der Waals surface area contributed by atoms with Gasteiger partial charge in [0.15, 0.2) is 28.6 Å². The minimum Gasteiger partial charge on any atom is -0.504 e. The zero-order chi connectivity index (χ0) is 20.3. The molecule has 145 valence electrons. The quantitative estimate of drug-likeness (QED) is 0.646. The second-order valence-corrected chi connectivity index (χ2v) is 6.62. The van der Waals surface area contributed by atoms with Gasteiger partial charge in [0.05, 0.1) is 30.9 Å². The van der Waals surface area contributed by atoms with Crippen molar-refractivity contribution in [1.82, 2.24) is 0 Å². The number of ether oxygens (including phenoxy) is 4. The van der Waals surface area contributed by atoms with Crippen molar-refractivity contribution < 1.29 is 34.0 Å². The van der Waals surface area contributed by atoms with E-state index in [1.807, 2.05) is 0 Å². The van der Waals surface area contributed by atoms with Gasteiger partial charge in [0, 0.05) is 5.56 Å². The highest BCUT2D eigenvalue weighted by Gasteiger charge is 2.55. The number of hydrogen-bond acceptors (Lipinski definition) is 7. The Bertz CT molecular complexity index is 1120. The van der Waals surface area contributed by atoms with E-state index in [2.05, 4.69) is 6.07 Å². The summed E-state index contributed by atoms with van der Waals surface area (Å²) < 4.78 is 22.7. The first-order valence-electron chi connectivity index (χ1n) is 8.76. The van der Waals surface area contributed by atoms with E-state index in [4.69, 9.17) is 18.9 Å². The number of benzene rings is 3. The summed E-state index contributed by atoms with van der Waals surface area (Å²) in [6.07, 6.45) is 0. The van der Waals surface area contributed by atoms with Crippen LogP contribution < -0.4 is 14.2 Å². The van der Waals surface area contributed by atoms with Gasteiger partial charge >= 0.3 is 5.97 Å². The maximum Gasteiger partial charge on any atom is 0.340 e. The molecule has 2 aliphatic rings. The Morgan fingerprint density at radius 3 is 2.03 bits per heavy atom. The summed E-state index contributed by atoms with van der Waals surface area (Å²) in [5.41, 5.74) is 0.426. The molecule has 0 aromatic heterocycles. The predicted octanol–water partition coefficient (Wildman–Crippen LogP) is 3.48. The molecule has 5 rings (SSSR count). The van der Waals surface area contributed by atoms with Crippen LogP contribution in [-0.2, 0) is 10.3 Å². The molecule has 0 fully saturated rings.